The Morgan fingerprint density at radius 1 is 1.09 bits per heavy atom. The number of methoxy groups -OCH3 is 1. The maximum absolute atomic E-state index is 17.3. The molecule has 5 aromatic rings. The number of aromatic hydroxyl groups is 1. The fourth-order valence-corrected chi connectivity index (χ4v) is 8.73. The zero-order valence-electron chi connectivity index (χ0n) is 30.0. The first-order valence-electron chi connectivity index (χ1n) is 18.3. The van der Waals surface area contributed by atoms with Crippen LogP contribution in [-0.4, -0.2) is 99.4 Å². The minimum atomic E-state index is -0.838. The number of hydrogen-bond donors (Lipinski definition) is 1. The van der Waals surface area contributed by atoms with Crippen molar-refractivity contribution in [3.8, 4) is 41.2 Å². The number of phenolic OH excluding ortho intramolecular Hbond substituents is 1. The third kappa shape index (κ3) is 5.82. The van der Waals surface area contributed by atoms with Crippen LogP contribution in [0.1, 0.15) is 54.9 Å². The topological polar surface area (TPSA) is 130 Å². The summed E-state index contributed by atoms with van der Waals surface area (Å²) in [6.45, 7) is 6.49. The lowest BCUT2D eigenvalue weighted by Crippen LogP contribution is -2.56. The zero-order chi connectivity index (χ0) is 37.3. The summed E-state index contributed by atoms with van der Waals surface area (Å²) in [6.07, 6.45) is 13.3. The van der Waals surface area contributed by atoms with Gasteiger partial charge in [0, 0.05) is 42.5 Å². The molecule has 4 fully saturated rings. The van der Waals surface area contributed by atoms with Gasteiger partial charge in [-0.05, 0) is 68.2 Å². The molecule has 1 saturated carbocycles. The number of carbonyl (C=O) groups is 1. The number of aromatic nitrogens is 4. The van der Waals surface area contributed by atoms with Crippen molar-refractivity contribution in [2.24, 2.45) is 11.3 Å². The number of fused-ring (bicyclic) bond motifs is 4. The first-order chi connectivity index (χ1) is 26.1. The number of likely N-dealkylation sites (tertiary alicyclic amines) is 1. The van der Waals surface area contributed by atoms with Crippen LogP contribution >= 0.6 is 0 Å². The van der Waals surface area contributed by atoms with Crippen LogP contribution in [0.3, 0.4) is 0 Å². The summed E-state index contributed by atoms with van der Waals surface area (Å²) < 4.78 is 49.5. The van der Waals surface area contributed by atoms with Gasteiger partial charge >= 0.3 is 6.01 Å². The number of amides is 1. The van der Waals surface area contributed by atoms with E-state index < -0.39 is 11.6 Å². The number of carbonyl (C=O) groups excluding carboxylic acids is 1. The second kappa shape index (κ2) is 13.1. The molecular weight excluding hydrogens is 696 g/mol. The molecule has 0 radical (unpaired) electrons. The van der Waals surface area contributed by atoms with Gasteiger partial charge in [0.1, 0.15) is 40.2 Å². The predicted octanol–water partition coefficient (Wildman–Crippen LogP) is 5.80. The van der Waals surface area contributed by atoms with Gasteiger partial charge in [0.2, 0.25) is 5.88 Å². The number of nitrogens with zero attached hydrogens (tertiary/aromatic N) is 7. The van der Waals surface area contributed by atoms with Gasteiger partial charge in [-0.15, -0.1) is 6.42 Å². The van der Waals surface area contributed by atoms with Gasteiger partial charge < -0.3 is 33.8 Å². The van der Waals surface area contributed by atoms with E-state index in [0.717, 1.165) is 45.3 Å². The molecule has 1 amide bonds. The number of terminal acetylenes is 1. The SMILES string of the molecule is C#Cc1c(F)ccc2cc(O)cc(-c3nc(OC)c4c(N5CC6CCC(C5)N6C(=O)c5cnoc5)nc(OCC5(CN6CCC(C)C6)CC5)nc4c3F)c12. The molecule has 4 aliphatic rings. The number of phenols is 1. The molecule has 3 atom stereocenters. The quantitative estimate of drug-likeness (QED) is 0.185. The Bertz CT molecular complexity index is 2330. The first kappa shape index (κ1) is 34.2. The molecule has 278 valence electrons. The molecule has 1 N–H and O–H groups in total. The average Bonchev–Trinajstić information content (AvgIpc) is 3.42. The highest BCUT2D eigenvalue weighted by atomic mass is 19.1. The van der Waals surface area contributed by atoms with Crippen LogP contribution in [0.25, 0.3) is 32.9 Å². The smallest absolute Gasteiger partial charge is 0.319 e. The molecule has 3 unspecified atom stereocenters. The number of halogens is 2. The van der Waals surface area contributed by atoms with E-state index in [1.807, 2.05) is 9.80 Å². The molecule has 0 spiro atoms. The Morgan fingerprint density at radius 2 is 1.89 bits per heavy atom. The van der Waals surface area contributed by atoms with Crippen molar-refractivity contribution in [2.75, 3.05) is 51.3 Å². The van der Waals surface area contributed by atoms with Crippen LogP contribution in [-0.2, 0) is 0 Å². The number of piperazine rings is 1. The van der Waals surface area contributed by atoms with Crippen molar-refractivity contribution in [1.29, 1.82) is 0 Å². The summed E-state index contributed by atoms with van der Waals surface area (Å²) in [5.41, 5.74) is -0.0103. The van der Waals surface area contributed by atoms with Gasteiger partial charge in [-0.25, -0.2) is 13.8 Å². The summed E-state index contributed by atoms with van der Waals surface area (Å²) in [7, 11) is 1.42. The molecule has 2 aromatic carbocycles. The Hall–Kier alpha value is -5.55. The van der Waals surface area contributed by atoms with Crippen LogP contribution < -0.4 is 14.4 Å². The van der Waals surface area contributed by atoms with E-state index in [0.29, 0.717) is 42.4 Å². The number of anilines is 1. The number of hydrogen-bond acceptors (Lipinski definition) is 11. The van der Waals surface area contributed by atoms with E-state index in [2.05, 4.69) is 32.9 Å². The Kier molecular flexibility index (Phi) is 8.30. The molecule has 3 saturated heterocycles. The number of benzene rings is 2. The van der Waals surface area contributed by atoms with Crippen molar-refractivity contribution < 1.29 is 32.7 Å². The second-order valence-corrected chi connectivity index (χ2v) is 15.3. The standard InChI is InChI=1S/C40H39F2N7O5/c1-4-28-30(41)8-5-23-13-27(50)14-29(31(23)28)34-33(42)35-32(37(44-34)52-3)36(46-39(45-35)53-21-40(10-11-40)20-47-12-9-22(2)16-47)48-17-25-6-7-26(18-48)49(25)38(51)24-15-43-54-19-24/h1,5,8,13-15,19,22,25-26,50H,6-7,9-12,16-18,20-21H2,2-3H3. The minimum absolute atomic E-state index is 0.00289. The van der Waals surface area contributed by atoms with Gasteiger partial charge in [-0.1, -0.05) is 24.1 Å². The molecule has 2 bridgehead atoms. The summed E-state index contributed by atoms with van der Waals surface area (Å²) in [5.74, 6) is 1.59. The van der Waals surface area contributed by atoms with Crippen molar-refractivity contribution in [3.63, 3.8) is 0 Å². The van der Waals surface area contributed by atoms with Crippen molar-refractivity contribution in [3.05, 3.63) is 59.5 Å². The lowest BCUT2D eigenvalue weighted by molar-refractivity contribution is 0.0640. The van der Waals surface area contributed by atoms with Crippen molar-refractivity contribution >= 4 is 33.4 Å². The number of pyridine rings is 1. The van der Waals surface area contributed by atoms with E-state index in [1.165, 1.54) is 50.3 Å². The van der Waals surface area contributed by atoms with E-state index in [1.54, 1.807) is 0 Å². The molecule has 1 aliphatic carbocycles. The highest BCUT2D eigenvalue weighted by Gasteiger charge is 2.47. The lowest BCUT2D eigenvalue weighted by atomic mass is 9.95. The van der Waals surface area contributed by atoms with Crippen LogP contribution in [0.15, 0.2) is 41.2 Å². The third-order valence-corrected chi connectivity index (χ3v) is 11.6. The van der Waals surface area contributed by atoms with Crippen LogP contribution in [0.5, 0.6) is 17.6 Å². The normalized spacial score (nSPS) is 21.9. The Labute approximate surface area is 310 Å². The summed E-state index contributed by atoms with van der Waals surface area (Å²) in [4.78, 5) is 34.1. The number of rotatable bonds is 9. The molecule has 12 nitrogen and oxygen atoms in total. The highest BCUT2D eigenvalue weighted by Crippen LogP contribution is 2.48. The maximum atomic E-state index is 17.3. The van der Waals surface area contributed by atoms with Gasteiger partial charge in [0.05, 0.1) is 43.1 Å². The molecule has 14 heteroatoms. The van der Waals surface area contributed by atoms with E-state index in [-0.39, 0.29) is 74.2 Å². The highest BCUT2D eigenvalue weighted by molar-refractivity contribution is 6.04. The van der Waals surface area contributed by atoms with Crippen molar-refractivity contribution in [2.45, 2.75) is 51.1 Å². The molecule has 3 aliphatic heterocycles. The fourth-order valence-electron chi connectivity index (χ4n) is 8.73. The van der Waals surface area contributed by atoms with Crippen LogP contribution in [0.4, 0.5) is 14.6 Å². The molecule has 3 aromatic heterocycles. The molecule has 54 heavy (non-hydrogen) atoms. The Morgan fingerprint density at radius 3 is 2.56 bits per heavy atom. The molecule has 9 rings (SSSR count). The molecule has 6 heterocycles. The second-order valence-electron chi connectivity index (χ2n) is 15.3. The largest absolute Gasteiger partial charge is 0.508 e. The monoisotopic (exact) mass is 735 g/mol. The summed E-state index contributed by atoms with van der Waals surface area (Å²) >= 11 is 0. The van der Waals surface area contributed by atoms with Crippen molar-refractivity contribution in [1.82, 2.24) is 29.9 Å². The lowest BCUT2D eigenvalue weighted by Gasteiger charge is -2.41. The first-order valence-corrected chi connectivity index (χ1v) is 18.3. The van der Waals surface area contributed by atoms with Gasteiger partial charge in [-0.2, -0.15) is 9.97 Å². The van der Waals surface area contributed by atoms with Gasteiger partial charge in [0.25, 0.3) is 5.91 Å². The zero-order valence-corrected chi connectivity index (χ0v) is 30.0. The maximum Gasteiger partial charge on any atom is 0.319 e. The van der Waals surface area contributed by atoms with Gasteiger partial charge in [-0.3, -0.25) is 4.79 Å². The fraction of sp³-hybridized carbons (Fsp3) is 0.425. The number of ether oxygens (including phenoxy) is 2. The minimum Gasteiger partial charge on any atom is -0.508 e. The van der Waals surface area contributed by atoms with Gasteiger partial charge in [0.15, 0.2) is 5.82 Å². The van der Waals surface area contributed by atoms with Crippen LogP contribution in [0.2, 0.25) is 0 Å². The molecular formula is C40H39F2N7O5. The van der Waals surface area contributed by atoms with Crippen LogP contribution in [0, 0.1) is 35.3 Å². The summed E-state index contributed by atoms with van der Waals surface area (Å²) in [6, 6.07) is 5.10. The summed E-state index contributed by atoms with van der Waals surface area (Å²) in [5, 5.41) is 15.3. The predicted molar refractivity (Wildman–Crippen MR) is 195 cm³/mol. The third-order valence-electron chi connectivity index (χ3n) is 11.6. The van der Waals surface area contributed by atoms with E-state index in [9.17, 15) is 9.90 Å². The van der Waals surface area contributed by atoms with E-state index in [4.69, 9.17) is 25.4 Å². The average molecular weight is 736 g/mol. The van der Waals surface area contributed by atoms with E-state index >= 15 is 8.78 Å². The Balaban J connectivity index is 1.16.